The minimum atomic E-state index is -0.933. The monoisotopic (exact) mass is 284 g/mol. The Balaban J connectivity index is 1.76. The summed E-state index contributed by atoms with van der Waals surface area (Å²) in [6.45, 7) is 0. The Labute approximate surface area is 112 Å². The zero-order valence-electron chi connectivity index (χ0n) is 9.30. The summed E-state index contributed by atoms with van der Waals surface area (Å²) in [5.41, 5.74) is 0. The quantitative estimate of drug-likeness (QED) is 0.742. The molecule has 4 heterocycles. The van der Waals surface area contributed by atoms with Crippen LogP contribution in [0.3, 0.4) is 0 Å². The number of hydrogen-bond donors (Lipinski definition) is 2. The molecule has 0 spiro atoms. The number of carboxylic acids is 2. The van der Waals surface area contributed by atoms with Gasteiger partial charge in [0.15, 0.2) is 0 Å². The maximum absolute atomic E-state index is 11.4. The first-order chi connectivity index (χ1) is 8.59. The molecule has 0 saturated carbocycles. The molecule has 96 valence electrons. The average Bonchev–Trinajstić information content (AvgIpc) is 3.04. The molecule has 0 aromatic rings. The summed E-state index contributed by atoms with van der Waals surface area (Å²) in [7, 11) is 0. The second-order valence-electron chi connectivity index (χ2n) is 5.40. The van der Waals surface area contributed by atoms with Crippen LogP contribution in [0, 0.1) is 23.7 Å². The van der Waals surface area contributed by atoms with Crippen molar-refractivity contribution >= 4 is 35.5 Å². The van der Waals surface area contributed by atoms with Crippen LogP contribution in [0.25, 0.3) is 0 Å². The lowest BCUT2D eigenvalue weighted by atomic mass is 9.65. The molecule has 8 unspecified atom stereocenters. The van der Waals surface area contributed by atoms with Crippen molar-refractivity contribution in [2.75, 3.05) is 0 Å². The smallest absolute Gasteiger partial charge is 0.308 e. The normalized spacial score (nSPS) is 54.9. The van der Waals surface area contributed by atoms with Gasteiger partial charge >= 0.3 is 11.9 Å². The summed E-state index contributed by atoms with van der Waals surface area (Å²) in [6, 6.07) is 0. The molecule has 0 radical (unpaired) electrons. The van der Waals surface area contributed by atoms with Gasteiger partial charge in [0.05, 0.1) is 11.8 Å². The first-order valence-corrected chi connectivity index (χ1v) is 7.93. The molecule has 18 heavy (non-hydrogen) atoms. The van der Waals surface area contributed by atoms with Crippen LogP contribution < -0.4 is 0 Å². The third-order valence-electron chi connectivity index (χ3n) is 4.75. The molecule has 0 aliphatic carbocycles. The maximum atomic E-state index is 11.4. The van der Waals surface area contributed by atoms with Gasteiger partial charge in [-0.15, -0.1) is 11.8 Å². The van der Waals surface area contributed by atoms with Gasteiger partial charge in [-0.05, 0) is 11.8 Å². The minimum absolute atomic E-state index is 0.00829. The minimum Gasteiger partial charge on any atom is -0.481 e. The second-order valence-corrected chi connectivity index (χ2v) is 8.12. The molecule has 4 aliphatic rings. The fraction of sp³-hybridized carbons (Fsp3) is 0.667. The fourth-order valence-electron chi connectivity index (χ4n) is 4.19. The lowest BCUT2D eigenvalue weighted by Gasteiger charge is -2.36. The van der Waals surface area contributed by atoms with Crippen molar-refractivity contribution in [2.45, 2.75) is 21.0 Å². The molecule has 0 aromatic carbocycles. The van der Waals surface area contributed by atoms with Gasteiger partial charge in [0.25, 0.3) is 0 Å². The lowest BCUT2D eigenvalue weighted by Crippen LogP contribution is -2.49. The summed E-state index contributed by atoms with van der Waals surface area (Å²) < 4.78 is 0. The van der Waals surface area contributed by atoms with Gasteiger partial charge in [-0.1, -0.05) is 12.2 Å². The van der Waals surface area contributed by atoms with Gasteiger partial charge in [-0.3, -0.25) is 9.59 Å². The predicted octanol–water partition coefficient (Wildman–Crippen LogP) is 1.17. The van der Waals surface area contributed by atoms with E-state index < -0.39 is 23.8 Å². The van der Waals surface area contributed by atoms with Crippen molar-refractivity contribution < 1.29 is 19.8 Å². The molecule has 4 rings (SSSR count). The van der Waals surface area contributed by atoms with E-state index in [1.807, 2.05) is 11.8 Å². The van der Waals surface area contributed by atoms with E-state index >= 15 is 0 Å². The zero-order valence-corrected chi connectivity index (χ0v) is 10.9. The van der Waals surface area contributed by atoms with E-state index in [0.717, 1.165) is 0 Å². The van der Waals surface area contributed by atoms with Crippen molar-refractivity contribution in [3.63, 3.8) is 0 Å². The van der Waals surface area contributed by atoms with Gasteiger partial charge in [-0.25, -0.2) is 0 Å². The zero-order chi connectivity index (χ0) is 12.6. The lowest BCUT2D eigenvalue weighted by molar-refractivity contribution is -0.155. The van der Waals surface area contributed by atoms with Crippen LogP contribution in [0.2, 0.25) is 0 Å². The van der Waals surface area contributed by atoms with Gasteiger partial charge in [0, 0.05) is 21.0 Å². The third-order valence-corrected chi connectivity index (χ3v) is 8.16. The van der Waals surface area contributed by atoms with Crippen LogP contribution in [-0.2, 0) is 9.59 Å². The first-order valence-electron chi connectivity index (χ1n) is 6.04. The number of fused-ring (bicyclic) bond motifs is 9. The molecule has 8 atom stereocenters. The highest BCUT2D eigenvalue weighted by Gasteiger charge is 2.69. The number of rotatable bonds is 2. The van der Waals surface area contributed by atoms with Gasteiger partial charge in [0.2, 0.25) is 0 Å². The Bertz CT molecular complexity index is 437. The Hall–Kier alpha value is -0.620. The van der Waals surface area contributed by atoms with E-state index in [0.29, 0.717) is 22.3 Å². The van der Waals surface area contributed by atoms with Crippen LogP contribution in [-0.4, -0.2) is 43.2 Å². The number of carbonyl (C=O) groups is 2. The highest BCUT2D eigenvalue weighted by molar-refractivity contribution is 8.03. The molecule has 4 aliphatic heterocycles. The number of thioether (sulfide) groups is 2. The van der Waals surface area contributed by atoms with Crippen LogP contribution in [0.15, 0.2) is 12.2 Å². The van der Waals surface area contributed by atoms with Gasteiger partial charge in [-0.2, -0.15) is 11.8 Å². The molecule has 3 saturated heterocycles. The van der Waals surface area contributed by atoms with E-state index in [4.69, 9.17) is 0 Å². The maximum Gasteiger partial charge on any atom is 0.308 e. The van der Waals surface area contributed by atoms with E-state index in [9.17, 15) is 19.8 Å². The summed E-state index contributed by atoms with van der Waals surface area (Å²) in [5, 5.41) is 19.5. The largest absolute Gasteiger partial charge is 0.481 e. The Kier molecular flexibility index (Phi) is 2.17. The van der Waals surface area contributed by atoms with Crippen LogP contribution in [0.4, 0.5) is 0 Å². The third kappa shape index (κ3) is 1.16. The summed E-state index contributed by atoms with van der Waals surface area (Å²) >= 11 is 3.52. The van der Waals surface area contributed by atoms with Crippen molar-refractivity contribution in [2.24, 2.45) is 23.7 Å². The number of carboxylic acid groups (broad SMARTS) is 2. The van der Waals surface area contributed by atoms with Crippen molar-refractivity contribution in [3.8, 4) is 0 Å². The summed E-state index contributed by atoms with van der Waals surface area (Å²) in [6.07, 6.45) is 4.37. The highest BCUT2D eigenvalue weighted by atomic mass is 32.2. The molecular formula is C12H12O4S2. The van der Waals surface area contributed by atoms with E-state index in [-0.39, 0.29) is 10.5 Å². The first kappa shape index (κ1) is 11.2. The predicted molar refractivity (Wildman–Crippen MR) is 68.7 cm³/mol. The molecule has 0 amide bonds. The van der Waals surface area contributed by atoms with Crippen LogP contribution in [0.1, 0.15) is 0 Å². The van der Waals surface area contributed by atoms with E-state index in [1.165, 1.54) is 0 Å². The molecule has 3 fully saturated rings. The van der Waals surface area contributed by atoms with Crippen molar-refractivity contribution in [1.82, 2.24) is 0 Å². The molecule has 0 aromatic heterocycles. The molecule has 6 heteroatoms. The molecular weight excluding hydrogens is 272 g/mol. The summed E-state index contributed by atoms with van der Waals surface area (Å²) in [5.74, 6) is -2.53. The Morgan fingerprint density at radius 2 is 1.28 bits per heavy atom. The van der Waals surface area contributed by atoms with E-state index in [1.54, 1.807) is 11.8 Å². The van der Waals surface area contributed by atoms with Crippen molar-refractivity contribution in [3.05, 3.63) is 12.2 Å². The number of hydrogen-bond acceptors (Lipinski definition) is 4. The Morgan fingerprint density at radius 3 is 1.67 bits per heavy atom. The average molecular weight is 284 g/mol. The highest BCUT2D eigenvalue weighted by Crippen LogP contribution is 2.68. The Morgan fingerprint density at radius 1 is 0.833 bits per heavy atom. The second kappa shape index (κ2) is 3.48. The van der Waals surface area contributed by atoms with Crippen LogP contribution >= 0.6 is 23.5 Å². The standard InChI is InChI=1S/C12H12O4S2/c13-11(14)7-8(12(15)16)10-6-4-2-1-3(17-4)5(6)9(7)18-10/h1-10H,(H,13,14)(H,15,16). The van der Waals surface area contributed by atoms with Gasteiger partial charge in [0.1, 0.15) is 0 Å². The topological polar surface area (TPSA) is 74.6 Å². The van der Waals surface area contributed by atoms with Crippen molar-refractivity contribution in [1.29, 1.82) is 0 Å². The molecule has 2 N–H and O–H groups in total. The number of aliphatic carboxylic acids is 2. The van der Waals surface area contributed by atoms with Crippen LogP contribution in [0.5, 0.6) is 0 Å². The molecule has 4 bridgehead atoms. The summed E-state index contributed by atoms with van der Waals surface area (Å²) in [4.78, 5) is 22.8. The van der Waals surface area contributed by atoms with E-state index in [2.05, 4.69) is 12.2 Å². The molecule has 4 nitrogen and oxygen atoms in total. The SMILES string of the molecule is O=C(O)C1C2SC(C1C(=O)O)C1C3C=CC(S3)C21. The fourth-order valence-corrected chi connectivity index (χ4v) is 8.51. The van der Waals surface area contributed by atoms with Gasteiger partial charge < -0.3 is 10.2 Å².